The number of nitrogens with one attached hydrogen (secondary N) is 1. The van der Waals surface area contributed by atoms with E-state index in [0.717, 1.165) is 12.1 Å². The molecule has 130 valence electrons. The van der Waals surface area contributed by atoms with Crippen LogP contribution in [0.2, 0.25) is 15.1 Å². The summed E-state index contributed by atoms with van der Waals surface area (Å²) in [7, 11) is 0. The van der Waals surface area contributed by atoms with Gasteiger partial charge in [-0.15, -0.1) is 0 Å². The van der Waals surface area contributed by atoms with Crippen LogP contribution in [-0.4, -0.2) is 23.4 Å². The first kappa shape index (κ1) is 19.0. The molecule has 7 nitrogen and oxygen atoms in total. The molecule has 2 rings (SSSR count). The van der Waals surface area contributed by atoms with Crippen molar-refractivity contribution in [1.29, 1.82) is 0 Å². The average molecular weight is 404 g/mol. The number of carbonyl (C=O) groups is 2. The molecule has 0 aromatic heterocycles. The van der Waals surface area contributed by atoms with Crippen molar-refractivity contribution in [1.82, 2.24) is 0 Å². The van der Waals surface area contributed by atoms with Gasteiger partial charge >= 0.3 is 5.97 Å². The highest BCUT2D eigenvalue weighted by molar-refractivity contribution is 6.44. The Morgan fingerprint density at radius 1 is 1.16 bits per heavy atom. The summed E-state index contributed by atoms with van der Waals surface area (Å²) in [6, 6.07) is 8.10. The van der Waals surface area contributed by atoms with Gasteiger partial charge < -0.3 is 10.1 Å². The number of hydrogen-bond acceptors (Lipinski definition) is 5. The maximum atomic E-state index is 12.0. The standard InChI is InChI=1S/C15H9Cl3N2O5/c16-8-4-5-9(12(6-8)20(23)24)15(22)25-7-13(21)19-11-3-1-2-10(17)14(11)18/h1-6H,7H2,(H,19,21). The fourth-order valence-electron chi connectivity index (χ4n) is 1.82. The van der Waals surface area contributed by atoms with E-state index in [-0.39, 0.29) is 26.3 Å². The molecule has 2 aromatic carbocycles. The summed E-state index contributed by atoms with van der Waals surface area (Å²) in [6.45, 7) is -0.665. The molecule has 0 saturated heterocycles. The van der Waals surface area contributed by atoms with Gasteiger partial charge in [-0.2, -0.15) is 0 Å². The van der Waals surface area contributed by atoms with Crippen molar-refractivity contribution in [2.75, 3.05) is 11.9 Å². The first-order valence-electron chi connectivity index (χ1n) is 6.64. The average Bonchev–Trinajstić information content (AvgIpc) is 2.56. The van der Waals surface area contributed by atoms with Crippen LogP contribution in [-0.2, 0) is 9.53 Å². The molecular formula is C15H9Cl3N2O5. The van der Waals surface area contributed by atoms with Gasteiger partial charge in [0.05, 0.1) is 20.7 Å². The van der Waals surface area contributed by atoms with Crippen molar-refractivity contribution >= 4 is 58.1 Å². The van der Waals surface area contributed by atoms with Gasteiger partial charge in [-0.3, -0.25) is 14.9 Å². The summed E-state index contributed by atoms with van der Waals surface area (Å²) in [5, 5.41) is 13.9. The Bertz CT molecular complexity index is 857. The van der Waals surface area contributed by atoms with E-state index in [2.05, 4.69) is 5.32 Å². The number of nitro benzene ring substituents is 1. The quantitative estimate of drug-likeness (QED) is 0.454. The maximum Gasteiger partial charge on any atom is 0.345 e. The molecular weight excluding hydrogens is 395 g/mol. The summed E-state index contributed by atoms with van der Waals surface area (Å²) < 4.78 is 4.79. The van der Waals surface area contributed by atoms with E-state index in [0.29, 0.717) is 0 Å². The van der Waals surface area contributed by atoms with Gasteiger partial charge in [-0.05, 0) is 24.3 Å². The number of esters is 1. The van der Waals surface area contributed by atoms with E-state index >= 15 is 0 Å². The topological polar surface area (TPSA) is 98.5 Å². The van der Waals surface area contributed by atoms with Crippen LogP contribution in [0.3, 0.4) is 0 Å². The number of halogens is 3. The normalized spacial score (nSPS) is 10.2. The third-order valence-electron chi connectivity index (χ3n) is 2.94. The molecule has 0 atom stereocenters. The van der Waals surface area contributed by atoms with Crippen molar-refractivity contribution in [3.05, 3.63) is 67.1 Å². The summed E-state index contributed by atoms with van der Waals surface area (Å²) in [6.07, 6.45) is 0. The number of amides is 1. The van der Waals surface area contributed by atoms with Gasteiger partial charge in [0.2, 0.25) is 0 Å². The molecule has 10 heteroatoms. The fraction of sp³-hybridized carbons (Fsp3) is 0.0667. The van der Waals surface area contributed by atoms with Crippen LogP contribution in [0.5, 0.6) is 0 Å². The lowest BCUT2D eigenvalue weighted by molar-refractivity contribution is -0.385. The Morgan fingerprint density at radius 3 is 2.56 bits per heavy atom. The molecule has 0 aliphatic heterocycles. The summed E-state index contributed by atoms with van der Waals surface area (Å²) >= 11 is 17.4. The molecule has 0 heterocycles. The monoisotopic (exact) mass is 402 g/mol. The lowest BCUT2D eigenvalue weighted by Crippen LogP contribution is -2.21. The van der Waals surface area contributed by atoms with E-state index in [1.165, 1.54) is 12.1 Å². The lowest BCUT2D eigenvalue weighted by atomic mass is 10.2. The molecule has 0 saturated carbocycles. The lowest BCUT2D eigenvalue weighted by Gasteiger charge is -2.09. The molecule has 0 aliphatic rings. The molecule has 2 aromatic rings. The molecule has 1 amide bonds. The number of rotatable bonds is 5. The van der Waals surface area contributed by atoms with Gasteiger partial charge in [-0.1, -0.05) is 40.9 Å². The van der Waals surface area contributed by atoms with Crippen molar-refractivity contribution < 1.29 is 19.2 Å². The summed E-state index contributed by atoms with van der Waals surface area (Å²) in [4.78, 5) is 34.0. The Labute approximate surface area is 156 Å². The number of hydrogen-bond donors (Lipinski definition) is 1. The Hall–Kier alpha value is -2.35. The number of nitro groups is 1. The smallest absolute Gasteiger partial charge is 0.345 e. The third-order valence-corrected chi connectivity index (χ3v) is 3.99. The van der Waals surface area contributed by atoms with Crippen LogP contribution in [0.15, 0.2) is 36.4 Å². The molecule has 0 bridgehead atoms. The first-order valence-corrected chi connectivity index (χ1v) is 7.78. The van der Waals surface area contributed by atoms with Crippen LogP contribution in [0.1, 0.15) is 10.4 Å². The molecule has 0 radical (unpaired) electrons. The molecule has 25 heavy (non-hydrogen) atoms. The van der Waals surface area contributed by atoms with E-state index < -0.39 is 29.1 Å². The van der Waals surface area contributed by atoms with Crippen LogP contribution >= 0.6 is 34.8 Å². The van der Waals surface area contributed by atoms with Crippen LogP contribution in [0, 0.1) is 10.1 Å². The largest absolute Gasteiger partial charge is 0.452 e. The predicted octanol–water partition coefficient (Wildman–Crippen LogP) is 4.35. The molecule has 0 fully saturated rings. The van der Waals surface area contributed by atoms with Gasteiger partial charge in [-0.25, -0.2) is 4.79 Å². The van der Waals surface area contributed by atoms with E-state index in [4.69, 9.17) is 39.5 Å². The Kier molecular flexibility index (Phi) is 6.19. The van der Waals surface area contributed by atoms with Crippen molar-refractivity contribution in [2.24, 2.45) is 0 Å². The van der Waals surface area contributed by atoms with Gasteiger partial charge in [0.15, 0.2) is 6.61 Å². The second-order valence-corrected chi connectivity index (χ2v) is 5.87. The van der Waals surface area contributed by atoms with E-state index in [9.17, 15) is 19.7 Å². The predicted molar refractivity (Wildman–Crippen MR) is 93.5 cm³/mol. The minimum absolute atomic E-state index is 0.0941. The van der Waals surface area contributed by atoms with E-state index in [1.807, 2.05) is 0 Å². The van der Waals surface area contributed by atoms with Gasteiger partial charge in [0, 0.05) is 11.1 Å². The van der Waals surface area contributed by atoms with Crippen molar-refractivity contribution in [3.8, 4) is 0 Å². The minimum atomic E-state index is -1.03. The SMILES string of the molecule is O=C(COC(=O)c1ccc(Cl)cc1[N+](=O)[O-])Nc1cccc(Cl)c1Cl. The third kappa shape index (κ3) is 4.82. The highest BCUT2D eigenvalue weighted by atomic mass is 35.5. The summed E-state index contributed by atoms with van der Waals surface area (Å²) in [5.41, 5.74) is -0.591. The summed E-state index contributed by atoms with van der Waals surface area (Å²) in [5.74, 6) is -1.72. The van der Waals surface area contributed by atoms with Gasteiger partial charge in [0.25, 0.3) is 11.6 Å². The maximum absolute atomic E-state index is 12.0. The van der Waals surface area contributed by atoms with E-state index in [1.54, 1.807) is 12.1 Å². The van der Waals surface area contributed by atoms with Crippen LogP contribution in [0.25, 0.3) is 0 Å². The Morgan fingerprint density at radius 2 is 1.88 bits per heavy atom. The molecule has 0 unspecified atom stereocenters. The number of benzene rings is 2. The van der Waals surface area contributed by atoms with Crippen molar-refractivity contribution in [2.45, 2.75) is 0 Å². The molecule has 1 N–H and O–H groups in total. The minimum Gasteiger partial charge on any atom is -0.452 e. The highest BCUT2D eigenvalue weighted by Crippen LogP contribution is 2.29. The van der Waals surface area contributed by atoms with Crippen LogP contribution < -0.4 is 5.32 Å². The zero-order valence-electron chi connectivity index (χ0n) is 12.3. The number of carbonyl (C=O) groups excluding carboxylic acids is 2. The number of ether oxygens (including phenoxy) is 1. The zero-order chi connectivity index (χ0) is 18.6. The zero-order valence-corrected chi connectivity index (χ0v) is 14.6. The second kappa shape index (κ2) is 8.15. The number of anilines is 1. The Balaban J connectivity index is 2.04. The molecule has 0 spiro atoms. The first-order chi connectivity index (χ1) is 11.8. The van der Waals surface area contributed by atoms with Crippen LogP contribution in [0.4, 0.5) is 11.4 Å². The molecule has 0 aliphatic carbocycles. The highest BCUT2D eigenvalue weighted by Gasteiger charge is 2.22. The van der Waals surface area contributed by atoms with Gasteiger partial charge in [0.1, 0.15) is 5.56 Å². The van der Waals surface area contributed by atoms with Crippen molar-refractivity contribution in [3.63, 3.8) is 0 Å². The number of nitrogens with zero attached hydrogens (tertiary/aromatic N) is 1. The second-order valence-electron chi connectivity index (χ2n) is 4.64. The fourth-order valence-corrected chi connectivity index (χ4v) is 2.34.